The van der Waals surface area contributed by atoms with E-state index in [-0.39, 0.29) is 34.0 Å². The van der Waals surface area contributed by atoms with Crippen molar-refractivity contribution in [3.8, 4) is 0 Å². The predicted octanol–water partition coefficient (Wildman–Crippen LogP) is 3.79. The lowest BCUT2D eigenvalue weighted by Crippen LogP contribution is -2.69. The minimum Gasteiger partial charge on any atom is -0.394 e. The van der Waals surface area contributed by atoms with E-state index in [9.17, 15) is 35.9 Å². The average molecular weight is 655 g/mol. The van der Waals surface area contributed by atoms with Gasteiger partial charge in [0.2, 0.25) is 0 Å². The normalized spacial score (nSPS) is 50.5. The van der Waals surface area contributed by atoms with E-state index >= 15 is 0 Å². The molecule has 5 rings (SSSR count). The molecule has 266 valence electrons. The van der Waals surface area contributed by atoms with Crippen LogP contribution in [0.4, 0.5) is 0 Å². The van der Waals surface area contributed by atoms with Crippen LogP contribution in [0.3, 0.4) is 0 Å². The molecule has 5 aliphatic rings. The molecule has 0 aromatic rings. The molecule has 0 radical (unpaired) electrons. The summed E-state index contributed by atoms with van der Waals surface area (Å²) in [7, 11) is 0. The molecule has 5 fully saturated rings. The van der Waals surface area contributed by atoms with Crippen LogP contribution in [0, 0.1) is 45.3 Å². The van der Waals surface area contributed by atoms with Gasteiger partial charge in [-0.1, -0.05) is 46.8 Å². The number of hydrogen-bond acceptors (Lipinski definition) is 10. The van der Waals surface area contributed by atoms with E-state index < -0.39 is 66.1 Å². The molecule has 4 aliphatic carbocycles. The Morgan fingerprint density at radius 3 is 2.17 bits per heavy atom. The first kappa shape index (κ1) is 36.6. The van der Waals surface area contributed by atoms with Gasteiger partial charge in [0.05, 0.1) is 24.4 Å². The van der Waals surface area contributed by atoms with Crippen molar-refractivity contribution in [1.82, 2.24) is 0 Å². The smallest absolute Gasteiger partial charge is 0.186 e. The largest absolute Gasteiger partial charge is 0.394 e. The molecule has 1 aliphatic heterocycles. The Bertz CT molecular complexity index is 1120. The van der Waals surface area contributed by atoms with Crippen molar-refractivity contribution in [3.05, 3.63) is 12.2 Å². The van der Waals surface area contributed by atoms with Crippen LogP contribution in [0.1, 0.15) is 107 Å². The number of fused-ring (bicyclic) bond motifs is 5. The van der Waals surface area contributed by atoms with Crippen LogP contribution in [0.2, 0.25) is 0 Å². The highest BCUT2D eigenvalue weighted by atomic mass is 17.1. The van der Waals surface area contributed by atoms with E-state index in [0.29, 0.717) is 25.2 Å². The van der Waals surface area contributed by atoms with Gasteiger partial charge >= 0.3 is 0 Å². The predicted molar refractivity (Wildman–Crippen MR) is 171 cm³/mol. The summed E-state index contributed by atoms with van der Waals surface area (Å²) in [4.78, 5) is 4.56. The van der Waals surface area contributed by atoms with Crippen LogP contribution in [0.15, 0.2) is 12.2 Å². The maximum absolute atomic E-state index is 11.9. The molecule has 0 spiro atoms. The van der Waals surface area contributed by atoms with E-state index in [1.807, 2.05) is 13.0 Å². The Balaban J connectivity index is 1.50. The quantitative estimate of drug-likeness (QED) is 0.0885. The first-order valence-electron chi connectivity index (χ1n) is 17.6. The highest BCUT2D eigenvalue weighted by Crippen LogP contribution is 2.76. The van der Waals surface area contributed by atoms with Crippen LogP contribution < -0.4 is 0 Å². The molecule has 1 heterocycles. The summed E-state index contributed by atoms with van der Waals surface area (Å²) in [6.45, 7) is 16.3. The van der Waals surface area contributed by atoms with Crippen LogP contribution in [0.25, 0.3) is 0 Å². The summed E-state index contributed by atoms with van der Waals surface area (Å²) in [6, 6.07) is 0. The van der Waals surface area contributed by atoms with E-state index in [0.717, 1.165) is 32.1 Å². The molecule has 10 heteroatoms. The third-order valence-electron chi connectivity index (χ3n) is 14.5. The molecule has 0 bridgehead atoms. The van der Waals surface area contributed by atoms with Gasteiger partial charge < -0.3 is 40.1 Å². The van der Waals surface area contributed by atoms with Crippen molar-refractivity contribution >= 4 is 0 Å². The summed E-state index contributed by atoms with van der Waals surface area (Å²) in [5.74, 6) is 0.628. The number of rotatable bonds is 8. The Kier molecular flexibility index (Phi) is 9.78. The second-order valence-corrected chi connectivity index (χ2v) is 17.8. The van der Waals surface area contributed by atoms with Gasteiger partial charge in [-0.15, -0.1) is 0 Å². The minimum absolute atomic E-state index is 0.0723. The summed E-state index contributed by atoms with van der Waals surface area (Å²) in [5.41, 5.74) is -2.79. The van der Waals surface area contributed by atoms with Crippen LogP contribution in [0.5, 0.6) is 0 Å². The zero-order valence-electron chi connectivity index (χ0n) is 29.2. The minimum atomic E-state index is -1.53. The molecule has 0 aromatic heterocycles. The monoisotopic (exact) mass is 654 g/mol. The van der Waals surface area contributed by atoms with Gasteiger partial charge in [-0.2, -0.15) is 0 Å². The Morgan fingerprint density at radius 1 is 0.870 bits per heavy atom. The number of hydrogen-bond donors (Lipinski definition) is 7. The van der Waals surface area contributed by atoms with Crippen molar-refractivity contribution in [1.29, 1.82) is 0 Å². The molecule has 15 atom stereocenters. The van der Waals surface area contributed by atoms with Gasteiger partial charge in [0, 0.05) is 0 Å². The standard InChI is InChI=1S/C36H62O10/c1-31(2,46-43)14-9-15-36(8,42)21-12-17-34(6)20(21)10-11-24-33(5)16-13-25(38)32(3,4)29(33)22(18-35(24,34)7)44-30-28(41)27(40)26(39)23(19-37)45-30/h9,14,20-30,37-43H,10-13,15-19H2,1-8H3/b14-9+/t20-,21+,22+,23-,24-,25+,26-,27+,28-,29+,30-,33-,34-,35-,36-/m1/s1. The topological polar surface area (TPSA) is 169 Å². The zero-order chi connectivity index (χ0) is 34.3. The van der Waals surface area contributed by atoms with Gasteiger partial charge in [-0.05, 0) is 117 Å². The van der Waals surface area contributed by atoms with Crippen molar-refractivity contribution in [3.63, 3.8) is 0 Å². The average Bonchev–Trinajstić information content (AvgIpc) is 3.34. The van der Waals surface area contributed by atoms with E-state index in [1.165, 1.54) is 0 Å². The summed E-state index contributed by atoms with van der Waals surface area (Å²) < 4.78 is 12.6. The van der Waals surface area contributed by atoms with Gasteiger partial charge in [0.15, 0.2) is 6.29 Å². The van der Waals surface area contributed by atoms with Crippen LogP contribution in [-0.4, -0.2) is 96.6 Å². The second kappa shape index (κ2) is 12.3. The van der Waals surface area contributed by atoms with Crippen LogP contribution in [-0.2, 0) is 14.4 Å². The SMILES string of the molecule is CC(C)(/C=C/C[C@@](C)(O)[C@H]1CC[C@]2(C)[C@@H]1CC[C@@H]1[C@@]3(C)CC[C@H](O)C(C)(C)[C@@H]3[C@@H](O[C@@H]3O[C@H](CO)[C@@H](O)[C@H](O)[C@H]3O)C[C@]12C)OO. The molecule has 0 unspecified atom stereocenters. The second-order valence-electron chi connectivity index (χ2n) is 17.8. The molecule has 0 aromatic carbocycles. The number of ether oxygens (including phenoxy) is 2. The third-order valence-corrected chi connectivity index (χ3v) is 14.5. The molecule has 7 N–H and O–H groups in total. The molecule has 46 heavy (non-hydrogen) atoms. The Labute approximate surface area is 275 Å². The highest BCUT2D eigenvalue weighted by Gasteiger charge is 2.72. The maximum Gasteiger partial charge on any atom is 0.186 e. The van der Waals surface area contributed by atoms with Crippen LogP contribution >= 0.6 is 0 Å². The maximum atomic E-state index is 11.9. The lowest BCUT2D eigenvalue weighted by molar-refractivity contribution is -0.344. The molecule has 4 saturated carbocycles. The van der Waals surface area contributed by atoms with Gasteiger partial charge in [-0.3, -0.25) is 5.26 Å². The zero-order valence-corrected chi connectivity index (χ0v) is 29.2. The third kappa shape index (κ3) is 5.64. The molecular formula is C36H62O10. The Morgan fingerprint density at radius 2 is 1.54 bits per heavy atom. The van der Waals surface area contributed by atoms with E-state index in [4.69, 9.17) is 9.47 Å². The Hall–Kier alpha value is -0.660. The molecule has 1 saturated heterocycles. The fraction of sp³-hybridized carbons (Fsp3) is 0.944. The van der Waals surface area contributed by atoms with Gasteiger partial charge in [0.25, 0.3) is 0 Å². The summed E-state index contributed by atoms with van der Waals surface area (Å²) in [6.07, 6.45) is 2.44. The number of aliphatic hydroxyl groups is 6. The summed E-state index contributed by atoms with van der Waals surface area (Å²) >= 11 is 0. The van der Waals surface area contributed by atoms with Gasteiger partial charge in [-0.25, -0.2) is 4.89 Å². The first-order valence-corrected chi connectivity index (χ1v) is 17.6. The molecular weight excluding hydrogens is 592 g/mol. The summed E-state index contributed by atoms with van der Waals surface area (Å²) in [5, 5.41) is 74.4. The van der Waals surface area contributed by atoms with Crippen molar-refractivity contribution in [2.75, 3.05) is 6.61 Å². The lowest BCUT2D eigenvalue weighted by Gasteiger charge is -2.71. The van der Waals surface area contributed by atoms with Crippen molar-refractivity contribution in [2.24, 2.45) is 45.3 Å². The fourth-order valence-electron chi connectivity index (χ4n) is 11.9. The first-order chi connectivity index (χ1) is 21.2. The van der Waals surface area contributed by atoms with Crippen molar-refractivity contribution in [2.45, 2.75) is 161 Å². The fourth-order valence-corrected chi connectivity index (χ4v) is 11.9. The molecule has 10 nitrogen and oxygen atoms in total. The van der Waals surface area contributed by atoms with E-state index in [2.05, 4.69) is 39.5 Å². The van der Waals surface area contributed by atoms with Gasteiger partial charge in [0.1, 0.15) is 30.0 Å². The molecule has 0 amide bonds. The van der Waals surface area contributed by atoms with E-state index in [1.54, 1.807) is 19.9 Å². The van der Waals surface area contributed by atoms with Crippen molar-refractivity contribution < 1.29 is 50.3 Å². The highest BCUT2D eigenvalue weighted by molar-refractivity contribution is 5.20. The number of aliphatic hydroxyl groups excluding tert-OH is 5. The lowest BCUT2D eigenvalue weighted by atomic mass is 9.35.